The second kappa shape index (κ2) is 9.05. The van der Waals surface area contributed by atoms with Gasteiger partial charge in [0.15, 0.2) is 0 Å². The summed E-state index contributed by atoms with van der Waals surface area (Å²) < 4.78 is 42.7. The molecule has 3 rings (SSSR count). The lowest BCUT2D eigenvalue weighted by Crippen LogP contribution is -2.44. The number of nitrogens with zero attached hydrogens (tertiary/aromatic N) is 3. The SMILES string of the molecule is COC(=O)Nc1ccc(S(=O)(=O)N2CCCC(Oc3ccnc(OC)n3)C2)cc1. The van der Waals surface area contributed by atoms with Gasteiger partial charge in [-0.2, -0.15) is 9.29 Å². The van der Waals surface area contributed by atoms with Crippen molar-refractivity contribution in [2.45, 2.75) is 23.8 Å². The van der Waals surface area contributed by atoms with Gasteiger partial charge in [0.2, 0.25) is 15.9 Å². The zero-order valence-corrected chi connectivity index (χ0v) is 16.9. The van der Waals surface area contributed by atoms with E-state index < -0.39 is 16.1 Å². The molecule has 0 radical (unpaired) electrons. The molecule has 156 valence electrons. The fourth-order valence-electron chi connectivity index (χ4n) is 2.91. The van der Waals surface area contributed by atoms with Gasteiger partial charge in [-0.1, -0.05) is 0 Å². The number of carbonyl (C=O) groups is 1. The van der Waals surface area contributed by atoms with Gasteiger partial charge in [-0.3, -0.25) is 5.32 Å². The zero-order chi connectivity index (χ0) is 20.9. The number of methoxy groups -OCH3 is 2. The molecule has 1 N–H and O–H groups in total. The largest absolute Gasteiger partial charge is 0.473 e. The number of piperidine rings is 1. The summed E-state index contributed by atoms with van der Waals surface area (Å²) in [6.45, 7) is 0.605. The average Bonchev–Trinajstić information content (AvgIpc) is 2.74. The molecule has 1 aromatic carbocycles. The molecule has 1 aromatic heterocycles. The van der Waals surface area contributed by atoms with Crippen molar-refractivity contribution in [1.29, 1.82) is 0 Å². The molecule has 2 heterocycles. The summed E-state index contributed by atoms with van der Waals surface area (Å²) in [7, 11) is -0.990. The predicted octanol–water partition coefficient (Wildman–Crippen LogP) is 1.90. The van der Waals surface area contributed by atoms with Gasteiger partial charge in [-0.05, 0) is 37.1 Å². The Morgan fingerprint density at radius 1 is 1.21 bits per heavy atom. The van der Waals surface area contributed by atoms with Crippen LogP contribution in [-0.4, -0.2) is 62.2 Å². The lowest BCUT2D eigenvalue weighted by atomic mass is 10.1. The number of nitrogens with one attached hydrogen (secondary N) is 1. The van der Waals surface area contributed by atoms with Gasteiger partial charge in [-0.25, -0.2) is 18.2 Å². The molecule has 1 unspecified atom stereocenters. The van der Waals surface area contributed by atoms with E-state index in [0.717, 1.165) is 0 Å². The highest BCUT2D eigenvalue weighted by Crippen LogP contribution is 2.24. The monoisotopic (exact) mass is 422 g/mol. The summed E-state index contributed by atoms with van der Waals surface area (Å²) in [5.74, 6) is 0.333. The summed E-state index contributed by atoms with van der Waals surface area (Å²) in [5.41, 5.74) is 0.438. The van der Waals surface area contributed by atoms with Crippen LogP contribution in [0.3, 0.4) is 0 Å². The maximum absolute atomic E-state index is 13.0. The van der Waals surface area contributed by atoms with Gasteiger partial charge in [-0.15, -0.1) is 0 Å². The molecule has 11 heteroatoms. The van der Waals surface area contributed by atoms with Gasteiger partial charge in [0, 0.05) is 24.5 Å². The van der Waals surface area contributed by atoms with Crippen molar-refractivity contribution in [3.8, 4) is 11.9 Å². The van der Waals surface area contributed by atoms with Crippen molar-refractivity contribution >= 4 is 21.8 Å². The van der Waals surface area contributed by atoms with Crippen molar-refractivity contribution < 1.29 is 27.4 Å². The highest BCUT2D eigenvalue weighted by Gasteiger charge is 2.31. The van der Waals surface area contributed by atoms with Crippen molar-refractivity contribution in [1.82, 2.24) is 14.3 Å². The number of hydrogen-bond donors (Lipinski definition) is 1. The first-order valence-electron chi connectivity index (χ1n) is 8.91. The van der Waals surface area contributed by atoms with Crippen LogP contribution < -0.4 is 14.8 Å². The number of benzene rings is 1. The number of amides is 1. The van der Waals surface area contributed by atoms with Crippen LogP contribution in [0.2, 0.25) is 0 Å². The normalized spacial score (nSPS) is 17.4. The second-order valence-corrected chi connectivity index (χ2v) is 8.21. The maximum atomic E-state index is 13.0. The Morgan fingerprint density at radius 3 is 2.66 bits per heavy atom. The van der Waals surface area contributed by atoms with Crippen LogP contribution in [-0.2, 0) is 14.8 Å². The number of hydrogen-bond acceptors (Lipinski definition) is 8. The number of ether oxygens (including phenoxy) is 3. The lowest BCUT2D eigenvalue weighted by molar-refractivity contribution is 0.123. The molecule has 1 aliphatic heterocycles. The van der Waals surface area contributed by atoms with Crippen LogP contribution in [0.4, 0.5) is 10.5 Å². The molecule has 1 atom stereocenters. The third-order valence-electron chi connectivity index (χ3n) is 4.34. The minimum Gasteiger partial charge on any atom is -0.473 e. The molecule has 0 bridgehead atoms. The van der Waals surface area contributed by atoms with E-state index in [1.807, 2.05) is 0 Å². The van der Waals surface area contributed by atoms with E-state index in [2.05, 4.69) is 20.0 Å². The first-order valence-corrected chi connectivity index (χ1v) is 10.4. The van der Waals surface area contributed by atoms with E-state index in [-0.39, 0.29) is 23.6 Å². The Bertz CT molecular complexity index is 951. The Morgan fingerprint density at radius 2 is 1.97 bits per heavy atom. The van der Waals surface area contributed by atoms with Crippen molar-refractivity contribution in [2.75, 3.05) is 32.6 Å². The maximum Gasteiger partial charge on any atom is 0.411 e. The molecule has 0 aliphatic carbocycles. The predicted molar refractivity (Wildman–Crippen MR) is 103 cm³/mol. The molecular weight excluding hydrogens is 400 g/mol. The van der Waals surface area contributed by atoms with Crippen LogP contribution in [0.15, 0.2) is 41.4 Å². The van der Waals surface area contributed by atoms with Crippen LogP contribution >= 0.6 is 0 Å². The van der Waals surface area contributed by atoms with Gasteiger partial charge in [0.1, 0.15) is 6.10 Å². The molecular formula is C18H22N4O6S. The van der Waals surface area contributed by atoms with Crippen LogP contribution in [0.1, 0.15) is 12.8 Å². The second-order valence-electron chi connectivity index (χ2n) is 6.27. The van der Waals surface area contributed by atoms with Crippen LogP contribution in [0, 0.1) is 0 Å². The minimum atomic E-state index is -3.70. The number of anilines is 1. The summed E-state index contributed by atoms with van der Waals surface area (Å²) in [5, 5.41) is 2.48. The standard InChI is InChI=1S/C18H22N4O6S/c1-26-17-19-10-9-16(21-17)28-14-4-3-11-22(12-14)29(24,25)15-7-5-13(6-8-15)20-18(23)27-2/h5-10,14H,3-4,11-12H2,1-2H3,(H,20,23). The smallest absolute Gasteiger partial charge is 0.411 e. The molecule has 0 spiro atoms. The fraction of sp³-hybridized carbons (Fsp3) is 0.389. The van der Waals surface area contributed by atoms with Crippen LogP contribution in [0.5, 0.6) is 11.9 Å². The topological polar surface area (TPSA) is 120 Å². The van der Waals surface area contributed by atoms with E-state index in [1.54, 1.807) is 6.07 Å². The highest BCUT2D eigenvalue weighted by atomic mass is 32.2. The van der Waals surface area contributed by atoms with E-state index in [0.29, 0.717) is 31.0 Å². The molecule has 1 fully saturated rings. The molecule has 10 nitrogen and oxygen atoms in total. The molecule has 0 saturated carbocycles. The van der Waals surface area contributed by atoms with Gasteiger partial charge >= 0.3 is 12.1 Å². The van der Waals surface area contributed by atoms with Crippen molar-refractivity contribution in [3.05, 3.63) is 36.5 Å². The molecule has 1 saturated heterocycles. The average molecular weight is 422 g/mol. The Balaban J connectivity index is 1.69. The van der Waals surface area contributed by atoms with Gasteiger partial charge in [0.25, 0.3) is 0 Å². The molecule has 1 aliphatic rings. The van der Waals surface area contributed by atoms with Crippen LogP contribution in [0.25, 0.3) is 0 Å². The van der Waals surface area contributed by atoms with E-state index in [4.69, 9.17) is 9.47 Å². The van der Waals surface area contributed by atoms with Gasteiger partial charge < -0.3 is 14.2 Å². The van der Waals surface area contributed by atoms with E-state index >= 15 is 0 Å². The Kier molecular flexibility index (Phi) is 6.49. The first kappa shape index (κ1) is 20.8. The molecule has 1 amide bonds. The number of aromatic nitrogens is 2. The molecule has 2 aromatic rings. The zero-order valence-electron chi connectivity index (χ0n) is 16.1. The first-order chi connectivity index (χ1) is 13.9. The van der Waals surface area contributed by atoms with Gasteiger partial charge in [0.05, 0.1) is 25.7 Å². The minimum absolute atomic E-state index is 0.136. The van der Waals surface area contributed by atoms with Crippen molar-refractivity contribution in [2.24, 2.45) is 0 Å². The summed E-state index contributed by atoms with van der Waals surface area (Å²) in [6.07, 6.45) is 1.92. The number of carbonyl (C=O) groups excluding carboxylic acids is 1. The van der Waals surface area contributed by atoms with Crippen molar-refractivity contribution in [3.63, 3.8) is 0 Å². The number of sulfonamides is 1. The lowest BCUT2D eigenvalue weighted by Gasteiger charge is -2.31. The Labute approximate surface area is 168 Å². The highest BCUT2D eigenvalue weighted by molar-refractivity contribution is 7.89. The third kappa shape index (κ3) is 5.12. The quantitative estimate of drug-likeness (QED) is 0.749. The Hall–Kier alpha value is -2.92. The third-order valence-corrected chi connectivity index (χ3v) is 6.22. The number of rotatable bonds is 6. The van der Waals surface area contributed by atoms with E-state index in [1.165, 1.54) is 49.0 Å². The fourth-order valence-corrected chi connectivity index (χ4v) is 4.42. The molecule has 29 heavy (non-hydrogen) atoms. The van der Waals surface area contributed by atoms with E-state index in [9.17, 15) is 13.2 Å². The summed E-state index contributed by atoms with van der Waals surface area (Å²) >= 11 is 0. The summed E-state index contributed by atoms with van der Waals surface area (Å²) in [4.78, 5) is 19.4. The summed E-state index contributed by atoms with van der Waals surface area (Å²) in [6, 6.07) is 7.69.